The van der Waals surface area contributed by atoms with Crippen molar-refractivity contribution in [2.75, 3.05) is 51.7 Å². The maximum absolute atomic E-state index is 12.0. The van der Waals surface area contributed by atoms with E-state index in [1.165, 1.54) is 14.0 Å². The SMILES string of the molecule is C=C(CCl)CCl.C=C1CN2C(=O)OCC2(c2ccccc2)C1.C=C1CNC(C(=O)OC)(c2ccccc2)C1.CC(=O)C(N)c1ccccc1.O=C1CN2C(=O)OCC2(c2ccccc2)C1. The number of allylic oxidation sites excluding steroid dienone is 1. The zero-order chi connectivity index (χ0) is 47.2. The summed E-state index contributed by atoms with van der Waals surface area (Å²) >= 11 is 10.5. The maximum atomic E-state index is 12.0. The van der Waals surface area contributed by atoms with Crippen LogP contribution in [0.3, 0.4) is 0 Å². The molecule has 342 valence electrons. The molecule has 65 heavy (non-hydrogen) atoms. The van der Waals surface area contributed by atoms with Crippen LogP contribution >= 0.6 is 23.2 Å². The molecule has 0 bridgehead atoms. The second kappa shape index (κ2) is 22.7. The van der Waals surface area contributed by atoms with Crippen molar-refractivity contribution >= 4 is 52.9 Å². The molecule has 0 aromatic heterocycles. The van der Waals surface area contributed by atoms with E-state index >= 15 is 0 Å². The van der Waals surface area contributed by atoms with Gasteiger partial charge < -0.3 is 19.9 Å². The fraction of sp³-hybridized carbons (Fsp3) is 0.314. The molecule has 5 aliphatic rings. The van der Waals surface area contributed by atoms with Gasteiger partial charge >= 0.3 is 18.2 Å². The van der Waals surface area contributed by atoms with Crippen molar-refractivity contribution in [1.29, 1.82) is 0 Å². The number of nitrogens with one attached hydrogen (secondary N) is 1. The third-order valence-corrected chi connectivity index (χ3v) is 12.4. The summed E-state index contributed by atoms with van der Waals surface area (Å²) in [6, 6.07) is 38.2. The number of cyclic esters (lactones) is 2. The number of ether oxygens (including phenoxy) is 3. The van der Waals surface area contributed by atoms with Gasteiger partial charge in [-0.3, -0.25) is 24.7 Å². The number of esters is 1. The summed E-state index contributed by atoms with van der Waals surface area (Å²) in [6.07, 6.45) is 1.17. The molecular weight excluding hydrogens is 867 g/mol. The molecule has 5 fully saturated rings. The van der Waals surface area contributed by atoms with Crippen LogP contribution in [-0.2, 0) is 45.2 Å². The number of carbonyl (C=O) groups excluding carboxylic acids is 5. The Labute approximate surface area is 391 Å². The van der Waals surface area contributed by atoms with Crippen molar-refractivity contribution in [3.8, 4) is 0 Å². The number of carbonyl (C=O) groups is 5. The second-order valence-electron chi connectivity index (χ2n) is 16.3. The zero-order valence-corrected chi connectivity index (χ0v) is 38.3. The van der Waals surface area contributed by atoms with E-state index in [1.54, 1.807) is 9.80 Å². The molecular formula is C51H56Cl2N4O8. The summed E-state index contributed by atoms with van der Waals surface area (Å²) in [5.41, 5.74) is 10.9. The van der Waals surface area contributed by atoms with Gasteiger partial charge in [-0.15, -0.1) is 23.2 Å². The quantitative estimate of drug-likeness (QED) is 0.0760. The maximum Gasteiger partial charge on any atom is 0.411 e. The van der Waals surface area contributed by atoms with E-state index < -0.39 is 17.1 Å². The van der Waals surface area contributed by atoms with E-state index in [1.807, 2.05) is 121 Å². The lowest BCUT2D eigenvalue weighted by Crippen LogP contribution is -2.45. The van der Waals surface area contributed by atoms with Gasteiger partial charge in [0.1, 0.15) is 29.8 Å². The van der Waals surface area contributed by atoms with Crippen molar-refractivity contribution in [3.05, 3.63) is 180 Å². The molecule has 4 aromatic carbocycles. The van der Waals surface area contributed by atoms with E-state index in [0.717, 1.165) is 45.4 Å². The Morgan fingerprint density at radius 3 is 1.57 bits per heavy atom. The number of fused-ring (bicyclic) bond motifs is 2. The number of alkyl halides is 2. The standard InChI is InChI=1S/C13H13NO2.C13H15NO2.C12H11NO3.C9H11NO.C4H6Cl2/c1-10-7-13(11-5-3-2-4-6-11)9-16-12(15)14(13)8-10;1-10-8-13(14-9-10,12(15)16-2)11-6-4-3-5-7-11;14-10-6-12(9-4-2-1-3-5-9)8-16-11(15)13(12)7-10;1-7(11)9(10)8-5-3-2-4-6-8;1-4(2-5)3-6/h2-6H,1,7-9H2;3-7,14H,1,8-9H2,2H3;1-5H,6-8H2;2-6,9H,10H2,1H3;1-3H2. The lowest BCUT2D eigenvalue weighted by Gasteiger charge is -2.28. The molecule has 12 nitrogen and oxygen atoms in total. The highest BCUT2D eigenvalue weighted by Gasteiger charge is 2.55. The molecule has 14 heteroatoms. The Hall–Kier alpha value is -6.05. The minimum absolute atomic E-state index is 0.00352. The smallest absolute Gasteiger partial charge is 0.411 e. The molecule has 0 spiro atoms. The highest BCUT2D eigenvalue weighted by Crippen LogP contribution is 2.45. The summed E-state index contributed by atoms with van der Waals surface area (Å²) in [5, 5.41) is 3.21. The van der Waals surface area contributed by atoms with E-state index in [9.17, 15) is 24.0 Å². The van der Waals surface area contributed by atoms with Crippen molar-refractivity contribution in [3.63, 3.8) is 0 Å². The number of hydrogen-bond donors (Lipinski definition) is 2. The predicted octanol–water partition coefficient (Wildman–Crippen LogP) is 8.50. The van der Waals surface area contributed by atoms with Crippen LogP contribution in [0.15, 0.2) is 158 Å². The first-order valence-electron chi connectivity index (χ1n) is 21.0. The number of nitrogens with two attached hydrogens (primary N) is 1. The highest BCUT2D eigenvalue weighted by molar-refractivity contribution is 6.23. The molecule has 5 saturated heterocycles. The van der Waals surface area contributed by atoms with Crippen LogP contribution in [0.25, 0.3) is 0 Å². The first-order chi connectivity index (χ1) is 31.2. The average molecular weight is 924 g/mol. The van der Waals surface area contributed by atoms with Crippen molar-refractivity contribution in [1.82, 2.24) is 15.1 Å². The van der Waals surface area contributed by atoms with Gasteiger partial charge in [0.05, 0.1) is 19.7 Å². The Kier molecular flexibility index (Phi) is 17.5. The number of amides is 2. The van der Waals surface area contributed by atoms with Gasteiger partial charge in [-0.2, -0.15) is 0 Å². The molecule has 5 heterocycles. The number of rotatable bonds is 8. The minimum atomic E-state index is -0.743. The summed E-state index contributed by atoms with van der Waals surface area (Å²) < 4.78 is 15.1. The summed E-state index contributed by atoms with van der Waals surface area (Å²) in [5.74, 6) is 0.793. The van der Waals surface area contributed by atoms with Crippen molar-refractivity contribution in [2.45, 2.75) is 48.8 Å². The molecule has 2 amide bonds. The number of halogens is 2. The molecule has 4 atom stereocenters. The van der Waals surface area contributed by atoms with E-state index in [0.29, 0.717) is 44.3 Å². The van der Waals surface area contributed by atoms with Gasteiger partial charge in [0.15, 0.2) is 11.6 Å². The molecule has 0 aliphatic carbocycles. The van der Waals surface area contributed by atoms with Gasteiger partial charge in [0, 0.05) is 44.1 Å². The van der Waals surface area contributed by atoms with E-state index in [4.69, 9.17) is 43.1 Å². The molecule has 4 aromatic rings. The topological polar surface area (TPSA) is 158 Å². The number of Topliss-reactive ketones (excluding diaryl/α,β-unsaturated/α-hetero) is 2. The van der Waals surface area contributed by atoms with Crippen LogP contribution in [0.2, 0.25) is 0 Å². The van der Waals surface area contributed by atoms with Crippen molar-refractivity contribution < 1.29 is 38.2 Å². The molecule has 0 saturated carbocycles. The van der Waals surface area contributed by atoms with Crippen LogP contribution < -0.4 is 11.1 Å². The number of benzene rings is 4. The third-order valence-electron chi connectivity index (χ3n) is 11.6. The molecule has 3 N–H and O–H groups in total. The van der Waals surface area contributed by atoms with Crippen molar-refractivity contribution in [2.24, 2.45) is 5.73 Å². The molecule has 9 rings (SSSR count). The third kappa shape index (κ3) is 11.6. The second-order valence-corrected chi connectivity index (χ2v) is 16.8. The Bertz CT molecular complexity index is 2240. The van der Waals surface area contributed by atoms with Gasteiger partial charge in [-0.25, -0.2) is 14.4 Å². The first-order valence-corrected chi connectivity index (χ1v) is 22.1. The molecule has 4 unspecified atom stereocenters. The fourth-order valence-corrected chi connectivity index (χ4v) is 8.53. The lowest BCUT2D eigenvalue weighted by molar-refractivity contribution is -0.148. The Balaban J connectivity index is 0.000000158. The average Bonchev–Trinajstić information content (AvgIpc) is 4.15. The van der Waals surface area contributed by atoms with Crippen LogP contribution in [0, 0.1) is 0 Å². The summed E-state index contributed by atoms with van der Waals surface area (Å²) in [7, 11) is 1.41. The van der Waals surface area contributed by atoms with Gasteiger partial charge in [0.2, 0.25) is 0 Å². The summed E-state index contributed by atoms with van der Waals surface area (Å²) in [4.78, 5) is 60.8. The minimum Gasteiger partial charge on any atom is -0.467 e. The monoisotopic (exact) mass is 922 g/mol. The number of hydrogen-bond acceptors (Lipinski definition) is 10. The van der Waals surface area contributed by atoms with Crippen LogP contribution in [0.4, 0.5) is 9.59 Å². The fourth-order valence-electron chi connectivity index (χ4n) is 8.25. The lowest BCUT2D eigenvalue weighted by atomic mass is 9.87. The van der Waals surface area contributed by atoms with Gasteiger partial charge in [-0.1, -0.05) is 152 Å². The summed E-state index contributed by atoms with van der Waals surface area (Å²) in [6.45, 7) is 15.1. The van der Waals surface area contributed by atoms with Crippen LogP contribution in [0.1, 0.15) is 54.5 Å². The largest absolute Gasteiger partial charge is 0.467 e. The Morgan fingerprint density at radius 2 is 1.15 bits per heavy atom. The van der Waals surface area contributed by atoms with Gasteiger partial charge in [-0.05, 0) is 34.8 Å². The number of ketones is 2. The van der Waals surface area contributed by atoms with Crippen LogP contribution in [0.5, 0.6) is 0 Å². The Morgan fingerprint density at radius 1 is 0.708 bits per heavy atom. The first kappa shape index (κ1) is 50.0. The highest BCUT2D eigenvalue weighted by atomic mass is 35.5. The molecule has 0 radical (unpaired) electrons. The van der Waals surface area contributed by atoms with Gasteiger partial charge in [0.25, 0.3) is 0 Å². The van der Waals surface area contributed by atoms with E-state index in [-0.39, 0.29) is 48.4 Å². The van der Waals surface area contributed by atoms with E-state index in [2.05, 4.69) is 25.1 Å². The predicted molar refractivity (Wildman–Crippen MR) is 252 cm³/mol. The normalized spacial score (nSPS) is 22.8. The van der Waals surface area contributed by atoms with Crippen LogP contribution in [-0.4, -0.2) is 91.2 Å². The number of methoxy groups -OCH3 is 1. The molecule has 5 aliphatic heterocycles. The number of nitrogens with zero attached hydrogens (tertiary/aromatic N) is 2. The zero-order valence-electron chi connectivity index (χ0n) is 36.8.